The van der Waals surface area contributed by atoms with E-state index in [0.717, 1.165) is 25.6 Å². The van der Waals surface area contributed by atoms with Crippen molar-refractivity contribution in [2.75, 3.05) is 5.75 Å². The molecule has 8 heteroatoms. The first kappa shape index (κ1) is 20.6. The van der Waals surface area contributed by atoms with Gasteiger partial charge in [0.1, 0.15) is 0 Å². The summed E-state index contributed by atoms with van der Waals surface area (Å²) in [6.45, 7) is 4.09. The minimum atomic E-state index is -0.169. The molecule has 0 aliphatic carbocycles. The Hall–Kier alpha value is -2.16. The van der Waals surface area contributed by atoms with Crippen molar-refractivity contribution in [1.29, 1.82) is 0 Å². The Morgan fingerprint density at radius 3 is 2.57 bits per heavy atom. The third kappa shape index (κ3) is 6.78. The lowest BCUT2D eigenvalue weighted by atomic mass is 10.2. The molecule has 3 aromatic rings. The van der Waals surface area contributed by atoms with Crippen LogP contribution in [0.3, 0.4) is 0 Å². The van der Waals surface area contributed by atoms with Gasteiger partial charge in [0, 0.05) is 5.75 Å². The van der Waals surface area contributed by atoms with E-state index in [2.05, 4.69) is 51.9 Å². The van der Waals surface area contributed by atoms with E-state index >= 15 is 0 Å². The molecule has 0 saturated carbocycles. The topological polar surface area (TPSA) is 67.2 Å². The van der Waals surface area contributed by atoms with Crippen LogP contribution in [0.1, 0.15) is 22.3 Å². The van der Waals surface area contributed by atoms with Gasteiger partial charge in [-0.1, -0.05) is 94.5 Å². The van der Waals surface area contributed by atoms with Gasteiger partial charge in [0.05, 0.1) is 12.0 Å². The molecule has 1 heterocycles. The number of hydrogen-bond acceptors (Lipinski definition) is 7. The van der Waals surface area contributed by atoms with Crippen LogP contribution in [0.2, 0.25) is 0 Å². The van der Waals surface area contributed by atoms with Gasteiger partial charge in [0.25, 0.3) is 5.91 Å². The molecule has 0 atom stereocenters. The molecule has 0 aliphatic rings. The summed E-state index contributed by atoms with van der Waals surface area (Å²) in [5, 5.41) is 12.3. The number of carbonyl (C=O) groups excluding carboxylic acids is 1. The maximum absolute atomic E-state index is 11.9. The third-order valence-corrected chi connectivity index (χ3v) is 6.90. The van der Waals surface area contributed by atoms with Gasteiger partial charge in [-0.2, -0.15) is 5.10 Å². The van der Waals surface area contributed by atoms with Crippen molar-refractivity contribution in [3.05, 3.63) is 70.8 Å². The Kier molecular flexibility index (Phi) is 7.64. The summed E-state index contributed by atoms with van der Waals surface area (Å²) >= 11 is 4.53. The van der Waals surface area contributed by atoms with Crippen LogP contribution in [-0.2, 0) is 10.5 Å². The molecule has 0 radical (unpaired) electrons. The zero-order valence-corrected chi connectivity index (χ0v) is 18.0. The Morgan fingerprint density at radius 1 is 1.07 bits per heavy atom. The first-order valence-electron chi connectivity index (χ1n) is 8.62. The second-order valence-electron chi connectivity index (χ2n) is 6.10. The smallest absolute Gasteiger partial charge is 0.250 e. The molecule has 3 rings (SSSR count). The Labute approximate surface area is 177 Å². The van der Waals surface area contributed by atoms with Crippen LogP contribution >= 0.6 is 34.9 Å². The summed E-state index contributed by atoms with van der Waals surface area (Å²) in [5.41, 5.74) is 7.15. The summed E-state index contributed by atoms with van der Waals surface area (Å²) in [7, 11) is 0. The van der Waals surface area contributed by atoms with Crippen LogP contribution in [0.15, 0.2) is 62.3 Å². The molecule has 2 aromatic carbocycles. The van der Waals surface area contributed by atoms with Crippen molar-refractivity contribution in [1.82, 2.24) is 15.6 Å². The van der Waals surface area contributed by atoms with Gasteiger partial charge in [-0.25, -0.2) is 5.43 Å². The number of aryl methyl sites for hydroxylation is 2. The Bertz CT molecular complexity index is 954. The lowest BCUT2D eigenvalue weighted by molar-refractivity contribution is -0.118. The molecule has 0 saturated heterocycles. The highest BCUT2D eigenvalue weighted by molar-refractivity contribution is 8.03. The predicted octanol–water partition coefficient (Wildman–Crippen LogP) is 4.69. The van der Waals surface area contributed by atoms with Gasteiger partial charge >= 0.3 is 0 Å². The number of thioether (sulfide) groups is 2. The van der Waals surface area contributed by atoms with E-state index in [9.17, 15) is 4.79 Å². The number of aromatic nitrogens is 2. The molecule has 0 fully saturated rings. The van der Waals surface area contributed by atoms with E-state index in [1.165, 1.54) is 34.2 Å². The normalized spacial score (nSPS) is 11.1. The number of hydrazone groups is 1. The zero-order chi connectivity index (χ0) is 19.8. The summed E-state index contributed by atoms with van der Waals surface area (Å²) < 4.78 is 1.69. The molecular formula is C20H20N4OS3. The number of amides is 1. The molecule has 1 N–H and O–H groups in total. The molecule has 144 valence electrons. The van der Waals surface area contributed by atoms with Crippen LogP contribution < -0.4 is 5.43 Å². The highest BCUT2D eigenvalue weighted by Crippen LogP contribution is 2.30. The number of carbonyl (C=O) groups is 1. The molecule has 0 bridgehead atoms. The minimum Gasteiger partial charge on any atom is -0.272 e. The maximum atomic E-state index is 11.9. The maximum Gasteiger partial charge on any atom is 0.250 e. The van der Waals surface area contributed by atoms with Gasteiger partial charge < -0.3 is 0 Å². The lowest BCUT2D eigenvalue weighted by Gasteiger charge is -1.99. The molecular weight excluding hydrogens is 408 g/mol. The van der Waals surface area contributed by atoms with E-state index < -0.39 is 0 Å². The monoisotopic (exact) mass is 428 g/mol. The number of benzene rings is 2. The zero-order valence-electron chi connectivity index (χ0n) is 15.6. The quantitative estimate of drug-likeness (QED) is 0.320. The van der Waals surface area contributed by atoms with Crippen molar-refractivity contribution in [2.45, 2.75) is 28.3 Å². The van der Waals surface area contributed by atoms with Crippen LogP contribution in [0.5, 0.6) is 0 Å². The second-order valence-corrected chi connectivity index (χ2v) is 9.53. The highest BCUT2D eigenvalue weighted by atomic mass is 32.2. The largest absolute Gasteiger partial charge is 0.272 e. The van der Waals surface area contributed by atoms with Crippen LogP contribution in [0.4, 0.5) is 0 Å². The van der Waals surface area contributed by atoms with E-state index in [4.69, 9.17) is 0 Å². The minimum absolute atomic E-state index is 0.169. The van der Waals surface area contributed by atoms with Gasteiger partial charge in [0.2, 0.25) is 0 Å². The number of nitrogens with zero attached hydrogens (tertiary/aromatic N) is 3. The molecule has 28 heavy (non-hydrogen) atoms. The van der Waals surface area contributed by atoms with Gasteiger partial charge in [-0.3, -0.25) is 4.79 Å². The third-order valence-electron chi connectivity index (χ3n) is 3.64. The predicted molar refractivity (Wildman–Crippen MR) is 118 cm³/mol. The summed E-state index contributed by atoms with van der Waals surface area (Å²) in [6, 6.07) is 16.4. The molecule has 0 aliphatic heterocycles. The van der Waals surface area contributed by atoms with Crippen molar-refractivity contribution >= 4 is 47.0 Å². The van der Waals surface area contributed by atoms with E-state index in [-0.39, 0.29) is 11.7 Å². The Balaban J connectivity index is 1.41. The van der Waals surface area contributed by atoms with Gasteiger partial charge in [-0.15, -0.1) is 10.2 Å². The van der Waals surface area contributed by atoms with E-state index in [0.29, 0.717) is 0 Å². The average molecular weight is 429 g/mol. The first-order chi connectivity index (χ1) is 13.6. The van der Waals surface area contributed by atoms with Crippen LogP contribution in [0.25, 0.3) is 0 Å². The van der Waals surface area contributed by atoms with Gasteiger partial charge in [-0.05, 0) is 25.0 Å². The van der Waals surface area contributed by atoms with Crippen LogP contribution in [-0.4, -0.2) is 28.1 Å². The SMILES string of the molecule is Cc1ccc(CSc2nnc(SCC(=O)NN=Cc3cccc(C)c3)s2)cc1. The van der Waals surface area contributed by atoms with Gasteiger partial charge in [0.15, 0.2) is 8.68 Å². The van der Waals surface area contributed by atoms with E-state index in [1.54, 1.807) is 18.0 Å². The fraction of sp³-hybridized carbons (Fsp3) is 0.200. The molecule has 5 nitrogen and oxygen atoms in total. The summed E-state index contributed by atoms with van der Waals surface area (Å²) in [4.78, 5) is 11.9. The van der Waals surface area contributed by atoms with E-state index in [1.807, 2.05) is 31.2 Å². The fourth-order valence-electron chi connectivity index (χ4n) is 2.23. The average Bonchev–Trinajstić information content (AvgIpc) is 3.14. The number of hydrogen-bond donors (Lipinski definition) is 1. The summed E-state index contributed by atoms with van der Waals surface area (Å²) in [6.07, 6.45) is 1.64. The Morgan fingerprint density at radius 2 is 1.82 bits per heavy atom. The number of nitrogens with one attached hydrogen (secondary N) is 1. The molecule has 1 aromatic heterocycles. The van der Waals surface area contributed by atoms with Crippen molar-refractivity contribution in [3.63, 3.8) is 0 Å². The van der Waals surface area contributed by atoms with Crippen molar-refractivity contribution in [2.24, 2.45) is 5.10 Å². The highest BCUT2D eigenvalue weighted by Gasteiger charge is 2.08. The fourth-order valence-corrected chi connectivity index (χ4v) is 5.00. The van der Waals surface area contributed by atoms with Crippen LogP contribution in [0, 0.1) is 13.8 Å². The molecule has 0 unspecified atom stereocenters. The lowest BCUT2D eigenvalue weighted by Crippen LogP contribution is -2.19. The molecule has 1 amide bonds. The van der Waals surface area contributed by atoms with Crippen molar-refractivity contribution < 1.29 is 4.79 Å². The summed E-state index contributed by atoms with van der Waals surface area (Å²) in [5.74, 6) is 0.939. The standard InChI is InChI=1S/C20H20N4OS3/c1-14-6-8-16(9-7-14)12-26-19-23-24-20(28-19)27-13-18(25)22-21-11-17-5-3-4-15(2)10-17/h3-11H,12-13H2,1-2H3,(H,22,25). The number of rotatable bonds is 8. The second kappa shape index (κ2) is 10.4. The first-order valence-corrected chi connectivity index (χ1v) is 11.4. The molecule has 0 spiro atoms. The van der Waals surface area contributed by atoms with Crippen molar-refractivity contribution in [3.8, 4) is 0 Å².